The predicted octanol–water partition coefficient (Wildman–Crippen LogP) is 2.82. The van der Waals surface area contributed by atoms with Crippen LogP contribution in [0.2, 0.25) is 0 Å². The number of esters is 1. The number of ether oxygens (including phenoxy) is 1. The van der Waals surface area contributed by atoms with Gasteiger partial charge < -0.3 is 15.0 Å². The zero-order valence-electron chi connectivity index (χ0n) is 16.3. The van der Waals surface area contributed by atoms with Crippen LogP contribution in [0.3, 0.4) is 0 Å². The molecule has 2 atom stereocenters. The fourth-order valence-corrected chi connectivity index (χ4v) is 7.01. The number of hydrogen-bond acceptors (Lipinski definition) is 7. The lowest BCUT2D eigenvalue weighted by molar-refractivity contribution is -0.155. The van der Waals surface area contributed by atoms with E-state index in [-0.39, 0.29) is 10.8 Å². The molecule has 2 aliphatic heterocycles. The van der Waals surface area contributed by atoms with Gasteiger partial charge in [-0.25, -0.2) is 4.79 Å². The first-order chi connectivity index (χ1) is 13.9. The Bertz CT molecular complexity index is 906. The molecule has 0 saturated carbocycles. The smallest absolute Gasteiger partial charge is 0.330 e. The van der Waals surface area contributed by atoms with E-state index in [1.54, 1.807) is 16.7 Å². The Hall–Kier alpha value is -2.05. The molecule has 0 radical (unpaired) electrons. The van der Waals surface area contributed by atoms with Gasteiger partial charge in [-0.3, -0.25) is 9.59 Å². The molecule has 0 spiro atoms. The number of thiophene rings is 1. The van der Waals surface area contributed by atoms with Crippen LogP contribution >= 0.6 is 23.1 Å². The molecule has 7 nitrogen and oxygen atoms in total. The molecule has 0 aromatic carbocycles. The van der Waals surface area contributed by atoms with E-state index in [0.29, 0.717) is 22.7 Å². The van der Waals surface area contributed by atoms with Gasteiger partial charge >= 0.3 is 5.97 Å². The first kappa shape index (κ1) is 20.2. The molecule has 3 aliphatic rings. The summed E-state index contributed by atoms with van der Waals surface area (Å²) >= 11 is 3.03. The van der Waals surface area contributed by atoms with E-state index in [4.69, 9.17) is 4.74 Å². The lowest BCUT2D eigenvalue weighted by atomic mass is 10.1. The number of nitrogens with one attached hydrogen (secondary N) is 1. The average molecular weight is 434 g/mol. The summed E-state index contributed by atoms with van der Waals surface area (Å²) in [4.78, 5) is 39.4. The zero-order valence-corrected chi connectivity index (χ0v) is 17.9. The summed E-state index contributed by atoms with van der Waals surface area (Å²) in [5.41, 5.74) is 1.59. The molecule has 9 heteroatoms. The van der Waals surface area contributed by atoms with E-state index in [9.17, 15) is 19.6 Å². The molecule has 29 heavy (non-hydrogen) atoms. The van der Waals surface area contributed by atoms with Crippen LogP contribution in [0.4, 0.5) is 5.00 Å². The number of nitriles is 1. The number of aryl methyl sites for hydroxylation is 1. The van der Waals surface area contributed by atoms with E-state index in [0.717, 1.165) is 44.1 Å². The molecule has 1 aromatic heterocycles. The molecule has 0 unspecified atom stereocenters. The molecule has 1 aromatic rings. The molecule has 2 saturated heterocycles. The number of nitrogens with zero attached hydrogens (tertiary/aromatic N) is 2. The van der Waals surface area contributed by atoms with Crippen LogP contribution in [0.1, 0.15) is 55.0 Å². The molecule has 1 N–H and O–H groups in total. The fourth-order valence-electron chi connectivity index (χ4n) is 4.34. The number of hydrogen-bond donors (Lipinski definition) is 1. The molecule has 4 rings (SSSR count). The van der Waals surface area contributed by atoms with Crippen LogP contribution < -0.4 is 5.32 Å². The van der Waals surface area contributed by atoms with Gasteiger partial charge in [-0.2, -0.15) is 5.26 Å². The normalized spacial score (nSPS) is 25.7. The minimum Gasteiger partial charge on any atom is -0.454 e. The lowest BCUT2D eigenvalue weighted by Crippen LogP contribution is -2.47. The number of fused-ring (bicyclic) bond motifs is 2. The van der Waals surface area contributed by atoms with Crippen molar-refractivity contribution < 1.29 is 19.1 Å². The maximum Gasteiger partial charge on any atom is 0.330 e. The van der Waals surface area contributed by atoms with Crippen LogP contribution in [0.5, 0.6) is 0 Å². The highest BCUT2D eigenvalue weighted by molar-refractivity contribution is 8.01. The summed E-state index contributed by atoms with van der Waals surface area (Å²) in [6.07, 6.45) is 6.26. The van der Waals surface area contributed by atoms with Crippen molar-refractivity contribution >= 4 is 45.9 Å². The number of anilines is 1. The van der Waals surface area contributed by atoms with Crippen LogP contribution in [0, 0.1) is 11.3 Å². The van der Waals surface area contributed by atoms with Gasteiger partial charge in [-0.1, -0.05) is 6.42 Å². The summed E-state index contributed by atoms with van der Waals surface area (Å²) < 4.78 is 5.22. The summed E-state index contributed by atoms with van der Waals surface area (Å²) in [5.74, 6) is -0.567. The maximum absolute atomic E-state index is 12.5. The van der Waals surface area contributed by atoms with Crippen molar-refractivity contribution in [2.45, 2.75) is 62.8 Å². The first-order valence-corrected chi connectivity index (χ1v) is 11.7. The SMILES string of the molecule is C[C@@]12CCC(=O)N1[C@H](C(=O)OCC(=O)Nc1sc3c(c1C#N)CCCCC3)CS2. The number of amides is 2. The van der Waals surface area contributed by atoms with Gasteiger partial charge in [-0.15, -0.1) is 23.1 Å². The zero-order chi connectivity index (χ0) is 20.6. The largest absolute Gasteiger partial charge is 0.454 e. The van der Waals surface area contributed by atoms with Gasteiger partial charge in [0, 0.05) is 17.1 Å². The summed E-state index contributed by atoms with van der Waals surface area (Å²) in [6.45, 7) is 1.54. The fraction of sp³-hybridized carbons (Fsp3) is 0.600. The predicted molar refractivity (Wildman–Crippen MR) is 111 cm³/mol. The van der Waals surface area contributed by atoms with Gasteiger partial charge in [-0.05, 0) is 44.6 Å². The summed E-state index contributed by atoms with van der Waals surface area (Å²) in [5, 5.41) is 12.8. The summed E-state index contributed by atoms with van der Waals surface area (Å²) in [6, 6.07) is 1.58. The second-order valence-electron chi connectivity index (χ2n) is 7.80. The standard InChI is InChI=1S/C20H23N3O4S2/c1-20-8-7-17(25)23(20)14(11-28-20)19(26)27-10-16(24)22-18-13(9-21)12-5-3-2-4-6-15(12)29-18/h14H,2-8,10-11H2,1H3,(H,22,24)/t14-,20+/m0/s1. The van der Waals surface area contributed by atoms with Crippen LogP contribution in [-0.2, 0) is 32.0 Å². The van der Waals surface area contributed by atoms with Crippen molar-refractivity contribution in [1.82, 2.24) is 4.90 Å². The Morgan fingerprint density at radius 3 is 2.90 bits per heavy atom. The van der Waals surface area contributed by atoms with E-state index in [1.807, 2.05) is 6.92 Å². The minimum absolute atomic E-state index is 0.0392. The van der Waals surface area contributed by atoms with Crippen LogP contribution in [-0.4, -0.2) is 46.0 Å². The highest BCUT2D eigenvalue weighted by Gasteiger charge is 2.53. The monoisotopic (exact) mass is 433 g/mol. The molecule has 2 amide bonds. The van der Waals surface area contributed by atoms with Crippen molar-refractivity contribution in [3.8, 4) is 6.07 Å². The van der Waals surface area contributed by atoms with Gasteiger partial charge in [0.05, 0.1) is 10.4 Å². The average Bonchev–Trinajstić information content (AvgIpc) is 3.24. The van der Waals surface area contributed by atoms with Crippen molar-refractivity contribution in [2.24, 2.45) is 0 Å². The minimum atomic E-state index is -0.639. The van der Waals surface area contributed by atoms with Gasteiger partial charge in [0.1, 0.15) is 17.1 Å². The molecule has 0 bridgehead atoms. The van der Waals surface area contributed by atoms with E-state index >= 15 is 0 Å². The third-order valence-corrected chi connectivity index (χ3v) is 8.56. The van der Waals surface area contributed by atoms with Crippen molar-refractivity contribution in [3.05, 3.63) is 16.0 Å². The number of carbonyl (C=O) groups is 3. The first-order valence-electron chi connectivity index (χ1n) is 9.90. The summed E-state index contributed by atoms with van der Waals surface area (Å²) in [7, 11) is 0. The van der Waals surface area contributed by atoms with Gasteiger partial charge in [0.15, 0.2) is 6.61 Å². The van der Waals surface area contributed by atoms with Crippen LogP contribution in [0.25, 0.3) is 0 Å². The second kappa shape index (κ2) is 8.00. The van der Waals surface area contributed by atoms with Gasteiger partial charge in [0.25, 0.3) is 5.91 Å². The quantitative estimate of drug-likeness (QED) is 0.579. The van der Waals surface area contributed by atoms with Crippen molar-refractivity contribution in [1.29, 1.82) is 5.26 Å². The molecule has 154 valence electrons. The van der Waals surface area contributed by atoms with Crippen molar-refractivity contribution in [2.75, 3.05) is 17.7 Å². The van der Waals surface area contributed by atoms with Gasteiger partial charge in [0.2, 0.25) is 5.91 Å². The number of rotatable bonds is 4. The Labute approximate surface area is 177 Å². The Balaban J connectivity index is 1.37. The highest BCUT2D eigenvalue weighted by atomic mass is 32.2. The van der Waals surface area contributed by atoms with Crippen LogP contribution in [0.15, 0.2) is 0 Å². The van der Waals surface area contributed by atoms with E-state index < -0.39 is 24.5 Å². The molecule has 3 heterocycles. The molecule has 1 aliphatic carbocycles. The molecular weight excluding hydrogens is 410 g/mol. The Kier molecular flexibility index (Phi) is 5.58. The topological polar surface area (TPSA) is 99.5 Å². The Morgan fingerprint density at radius 1 is 1.31 bits per heavy atom. The molecule has 2 fully saturated rings. The maximum atomic E-state index is 12.5. The van der Waals surface area contributed by atoms with E-state index in [2.05, 4.69) is 11.4 Å². The Morgan fingerprint density at radius 2 is 2.10 bits per heavy atom. The second-order valence-corrected chi connectivity index (χ2v) is 10.4. The number of thioether (sulfide) groups is 1. The van der Waals surface area contributed by atoms with E-state index in [1.165, 1.54) is 16.2 Å². The lowest BCUT2D eigenvalue weighted by Gasteiger charge is -2.29. The number of carbonyl (C=O) groups excluding carboxylic acids is 3. The molecular formula is C20H23N3O4S2. The third-order valence-electron chi connectivity index (χ3n) is 5.85. The highest BCUT2D eigenvalue weighted by Crippen LogP contribution is 2.47. The van der Waals surface area contributed by atoms with Crippen molar-refractivity contribution in [3.63, 3.8) is 0 Å². The third kappa shape index (κ3) is 3.76.